The molecule has 0 aromatic heterocycles. The highest BCUT2D eigenvalue weighted by Crippen LogP contribution is 2.12. The van der Waals surface area contributed by atoms with Gasteiger partial charge in [-0.2, -0.15) is 0 Å². The van der Waals surface area contributed by atoms with Crippen LogP contribution in [0.4, 0.5) is 0 Å². The number of nitrogens with two attached hydrogens (primary N) is 1. The van der Waals surface area contributed by atoms with Crippen molar-refractivity contribution in [2.75, 3.05) is 13.6 Å². The average Bonchev–Trinajstić information content (AvgIpc) is 2.30. The number of amides is 1. The Balaban J connectivity index is 2.63. The minimum atomic E-state index is 0.0972. The highest BCUT2D eigenvalue weighted by molar-refractivity contribution is 7.80. The van der Waals surface area contributed by atoms with Gasteiger partial charge < -0.3 is 10.6 Å². The summed E-state index contributed by atoms with van der Waals surface area (Å²) in [6, 6.07) is 6.17. The Bertz CT molecular complexity index is 457. The lowest BCUT2D eigenvalue weighted by Crippen LogP contribution is -2.31. The van der Waals surface area contributed by atoms with E-state index in [1.807, 2.05) is 19.9 Å². The van der Waals surface area contributed by atoms with Gasteiger partial charge in [0.1, 0.15) is 0 Å². The van der Waals surface area contributed by atoms with Gasteiger partial charge in [-0.3, -0.25) is 4.79 Å². The van der Waals surface area contributed by atoms with E-state index in [1.165, 1.54) is 5.56 Å². The molecule has 3 nitrogen and oxygen atoms in total. The fraction of sp³-hybridized carbons (Fsp3) is 0.429. The van der Waals surface area contributed by atoms with Crippen LogP contribution in [-0.4, -0.2) is 29.4 Å². The molecule has 0 saturated heterocycles. The molecule has 1 aromatic carbocycles. The molecule has 2 N–H and O–H groups in total. The minimum absolute atomic E-state index is 0.0972. The normalized spacial score (nSPS) is 10.2. The zero-order chi connectivity index (χ0) is 13.7. The smallest absolute Gasteiger partial charge is 0.226 e. The van der Waals surface area contributed by atoms with E-state index in [2.05, 4.69) is 12.1 Å². The molecule has 0 spiro atoms. The summed E-state index contributed by atoms with van der Waals surface area (Å²) in [5.41, 5.74) is 8.84. The standard InChI is InChI=1S/C14H20N2OS/c1-10-4-5-11(2)12(8-10)9-14(17)16(3)7-6-13(15)18/h4-5,8H,6-7,9H2,1-3H3,(H2,15,18). The maximum Gasteiger partial charge on any atom is 0.226 e. The van der Waals surface area contributed by atoms with E-state index < -0.39 is 0 Å². The molecule has 0 aliphatic carbocycles. The number of likely N-dealkylation sites (N-methyl/N-ethyl adjacent to an activating group) is 1. The van der Waals surface area contributed by atoms with Crippen LogP contribution >= 0.6 is 12.2 Å². The van der Waals surface area contributed by atoms with Gasteiger partial charge in [-0.15, -0.1) is 0 Å². The summed E-state index contributed by atoms with van der Waals surface area (Å²) in [5, 5.41) is 0. The molecule has 0 unspecified atom stereocenters. The first-order valence-corrected chi connectivity index (χ1v) is 6.39. The lowest BCUT2D eigenvalue weighted by Gasteiger charge is -2.17. The monoisotopic (exact) mass is 264 g/mol. The Morgan fingerprint density at radius 3 is 2.67 bits per heavy atom. The van der Waals surface area contributed by atoms with Crippen molar-refractivity contribution < 1.29 is 4.79 Å². The van der Waals surface area contributed by atoms with Gasteiger partial charge in [0.05, 0.1) is 11.4 Å². The summed E-state index contributed by atoms with van der Waals surface area (Å²) in [6.45, 7) is 4.64. The van der Waals surface area contributed by atoms with Crippen LogP contribution in [0.1, 0.15) is 23.1 Å². The van der Waals surface area contributed by atoms with E-state index in [0.717, 1.165) is 11.1 Å². The molecule has 1 rings (SSSR count). The van der Waals surface area contributed by atoms with E-state index in [-0.39, 0.29) is 5.91 Å². The predicted molar refractivity (Wildman–Crippen MR) is 78.7 cm³/mol. The van der Waals surface area contributed by atoms with Crippen molar-refractivity contribution in [2.45, 2.75) is 26.7 Å². The molecule has 0 heterocycles. The zero-order valence-electron chi connectivity index (χ0n) is 11.2. The second kappa shape index (κ2) is 6.50. The minimum Gasteiger partial charge on any atom is -0.393 e. The van der Waals surface area contributed by atoms with Crippen LogP contribution in [0.25, 0.3) is 0 Å². The van der Waals surface area contributed by atoms with Gasteiger partial charge in [-0.05, 0) is 25.0 Å². The van der Waals surface area contributed by atoms with E-state index >= 15 is 0 Å². The molecule has 0 aliphatic heterocycles. The largest absolute Gasteiger partial charge is 0.393 e. The molecule has 0 aliphatic rings. The lowest BCUT2D eigenvalue weighted by atomic mass is 10.0. The topological polar surface area (TPSA) is 46.3 Å². The van der Waals surface area contributed by atoms with Crippen LogP contribution in [0.5, 0.6) is 0 Å². The van der Waals surface area contributed by atoms with Crippen molar-refractivity contribution >= 4 is 23.1 Å². The molecule has 0 saturated carbocycles. The molecule has 98 valence electrons. The number of aryl methyl sites for hydroxylation is 2. The number of benzene rings is 1. The number of hydrogen-bond donors (Lipinski definition) is 1. The first kappa shape index (κ1) is 14.6. The maximum absolute atomic E-state index is 12.0. The highest BCUT2D eigenvalue weighted by Gasteiger charge is 2.11. The summed E-state index contributed by atoms with van der Waals surface area (Å²) in [6.07, 6.45) is 1.01. The van der Waals surface area contributed by atoms with Crippen LogP contribution in [0.3, 0.4) is 0 Å². The van der Waals surface area contributed by atoms with Gasteiger partial charge in [-0.25, -0.2) is 0 Å². The predicted octanol–water partition coefficient (Wildman–Crippen LogP) is 1.98. The number of carbonyl (C=O) groups is 1. The van der Waals surface area contributed by atoms with E-state index in [4.69, 9.17) is 18.0 Å². The third-order valence-corrected chi connectivity index (χ3v) is 3.17. The third-order valence-electron chi connectivity index (χ3n) is 2.97. The summed E-state index contributed by atoms with van der Waals surface area (Å²) < 4.78 is 0. The third kappa shape index (κ3) is 4.45. The van der Waals surface area contributed by atoms with E-state index in [1.54, 1.807) is 11.9 Å². The van der Waals surface area contributed by atoms with Crippen LogP contribution < -0.4 is 5.73 Å². The molecule has 1 aromatic rings. The van der Waals surface area contributed by atoms with Gasteiger partial charge in [0.2, 0.25) is 5.91 Å². The number of rotatable bonds is 5. The SMILES string of the molecule is Cc1ccc(C)c(CC(=O)N(C)CCC(N)=S)c1. The highest BCUT2D eigenvalue weighted by atomic mass is 32.1. The van der Waals surface area contributed by atoms with Crippen molar-refractivity contribution in [3.63, 3.8) is 0 Å². The van der Waals surface area contributed by atoms with Crippen LogP contribution in [-0.2, 0) is 11.2 Å². The van der Waals surface area contributed by atoms with Gasteiger partial charge in [-0.1, -0.05) is 36.0 Å². The molecule has 18 heavy (non-hydrogen) atoms. The second-order valence-electron chi connectivity index (χ2n) is 4.64. The number of carbonyl (C=O) groups excluding carboxylic acids is 1. The average molecular weight is 264 g/mol. The summed E-state index contributed by atoms with van der Waals surface area (Å²) >= 11 is 4.81. The maximum atomic E-state index is 12.0. The van der Waals surface area contributed by atoms with Crippen molar-refractivity contribution in [3.05, 3.63) is 34.9 Å². The Morgan fingerprint density at radius 2 is 2.06 bits per heavy atom. The van der Waals surface area contributed by atoms with E-state index in [0.29, 0.717) is 24.4 Å². The number of thiocarbonyl (C=S) groups is 1. The quantitative estimate of drug-likeness (QED) is 0.827. The first-order chi connectivity index (χ1) is 8.40. The Kier molecular flexibility index (Phi) is 5.28. The van der Waals surface area contributed by atoms with Crippen LogP contribution in [0, 0.1) is 13.8 Å². The van der Waals surface area contributed by atoms with Gasteiger partial charge in [0.15, 0.2) is 0 Å². The van der Waals surface area contributed by atoms with Crippen LogP contribution in [0.15, 0.2) is 18.2 Å². The molecule has 1 amide bonds. The Hall–Kier alpha value is -1.42. The fourth-order valence-corrected chi connectivity index (χ4v) is 1.78. The Labute approximate surface area is 114 Å². The van der Waals surface area contributed by atoms with Crippen molar-refractivity contribution in [1.82, 2.24) is 4.90 Å². The molecular formula is C14H20N2OS. The molecular weight excluding hydrogens is 244 g/mol. The van der Waals surface area contributed by atoms with Gasteiger partial charge in [0, 0.05) is 20.0 Å². The Morgan fingerprint density at radius 1 is 1.39 bits per heavy atom. The zero-order valence-corrected chi connectivity index (χ0v) is 12.0. The molecule has 0 fully saturated rings. The van der Waals surface area contributed by atoms with Gasteiger partial charge in [0.25, 0.3) is 0 Å². The first-order valence-electron chi connectivity index (χ1n) is 5.98. The van der Waals surface area contributed by atoms with Crippen molar-refractivity contribution in [2.24, 2.45) is 5.73 Å². The fourth-order valence-electron chi connectivity index (χ4n) is 1.69. The molecule has 0 bridgehead atoms. The molecule has 0 atom stereocenters. The summed E-state index contributed by atoms with van der Waals surface area (Å²) in [7, 11) is 1.78. The lowest BCUT2D eigenvalue weighted by molar-refractivity contribution is -0.129. The summed E-state index contributed by atoms with van der Waals surface area (Å²) in [5.74, 6) is 0.0972. The van der Waals surface area contributed by atoms with Gasteiger partial charge >= 0.3 is 0 Å². The summed E-state index contributed by atoms with van der Waals surface area (Å²) in [4.78, 5) is 14.2. The number of hydrogen-bond acceptors (Lipinski definition) is 2. The van der Waals surface area contributed by atoms with Crippen molar-refractivity contribution in [1.29, 1.82) is 0 Å². The van der Waals surface area contributed by atoms with Crippen LogP contribution in [0.2, 0.25) is 0 Å². The molecule has 0 radical (unpaired) electrons. The second-order valence-corrected chi connectivity index (χ2v) is 5.16. The van der Waals surface area contributed by atoms with E-state index in [9.17, 15) is 4.79 Å². The van der Waals surface area contributed by atoms with Crippen molar-refractivity contribution in [3.8, 4) is 0 Å². The number of nitrogens with zero attached hydrogens (tertiary/aromatic N) is 1. The molecule has 4 heteroatoms.